The van der Waals surface area contributed by atoms with E-state index >= 15 is 0 Å². The Labute approximate surface area is 108 Å². The number of benzene rings is 1. The van der Waals surface area contributed by atoms with Crippen LogP contribution in [-0.4, -0.2) is 32.4 Å². The van der Waals surface area contributed by atoms with Crippen molar-refractivity contribution in [3.05, 3.63) is 23.2 Å². The molecule has 1 aromatic rings. The number of ether oxygens (including phenoxy) is 1. The van der Waals surface area contributed by atoms with Gasteiger partial charge in [-0.05, 0) is 30.5 Å². The smallest absolute Gasteiger partial charge is 0.137 e. The van der Waals surface area contributed by atoms with E-state index in [1.54, 1.807) is 7.11 Å². The first-order valence-electron chi connectivity index (χ1n) is 5.77. The first-order valence-corrected chi connectivity index (χ1v) is 6.15. The molecule has 1 rings (SSSR count). The highest BCUT2D eigenvalue weighted by molar-refractivity contribution is 6.32. The van der Waals surface area contributed by atoms with Gasteiger partial charge in [0.25, 0.3) is 0 Å². The standard InChI is InChI=1S/C13H20ClNO2/c1-4-10(9-16)8-15(2)11-5-6-13(17-3)12(14)7-11/h5-7,10,16H,4,8-9H2,1-3H3. The van der Waals surface area contributed by atoms with Crippen molar-refractivity contribution >= 4 is 17.3 Å². The monoisotopic (exact) mass is 257 g/mol. The van der Waals surface area contributed by atoms with Gasteiger partial charge in [0.1, 0.15) is 5.75 Å². The van der Waals surface area contributed by atoms with Crippen molar-refractivity contribution in [3.63, 3.8) is 0 Å². The molecule has 4 heteroatoms. The molecule has 0 fully saturated rings. The number of halogens is 1. The van der Waals surface area contributed by atoms with E-state index in [1.165, 1.54) is 0 Å². The molecule has 0 amide bonds. The van der Waals surface area contributed by atoms with E-state index in [0.29, 0.717) is 16.7 Å². The lowest BCUT2D eigenvalue weighted by Crippen LogP contribution is -2.27. The van der Waals surface area contributed by atoms with Crippen molar-refractivity contribution in [1.82, 2.24) is 0 Å². The highest BCUT2D eigenvalue weighted by atomic mass is 35.5. The van der Waals surface area contributed by atoms with Gasteiger partial charge in [0.05, 0.1) is 12.1 Å². The zero-order valence-corrected chi connectivity index (χ0v) is 11.4. The van der Waals surface area contributed by atoms with Gasteiger partial charge in [-0.1, -0.05) is 18.5 Å². The molecule has 0 radical (unpaired) electrons. The number of rotatable bonds is 6. The second-order valence-corrected chi connectivity index (χ2v) is 4.56. The van der Waals surface area contributed by atoms with Gasteiger partial charge in [-0.15, -0.1) is 0 Å². The molecule has 1 N–H and O–H groups in total. The Bertz CT molecular complexity index is 353. The van der Waals surface area contributed by atoms with Gasteiger partial charge >= 0.3 is 0 Å². The van der Waals surface area contributed by atoms with E-state index in [1.807, 2.05) is 25.2 Å². The molecule has 0 aromatic heterocycles. The minimum Gasteiger partial charge on any atom is -0.495 e. The summed E-state index contributed by atoms with van der Waals surface area (Å²) in [5, 5.41) is 9.79. The van der Waals surface area contributed by atoms with Gasteiger partial charge in [0.15, 0.2) is 0 Å². The normalized spacial score (nSPS) is 12.3. The van der Waals surface area contributed by atoms with E-state index in [0.717, 1.165) is 18.7 Å². The number of methoxy groups -OCH3 is 1. The number of hydrogen-bond donors (Lipinski definition) is 1. The zero-order valence-electron chi connectivity index (χ0n) is 10.6. The number of nitrogens with zero attached hydrogens (tertiary/aromatic N) is 1. The SMILES string of the molecule is CCC(CO)CN(C)c1ccc(OC)c(Cl)c1. The Morgan fingerprint density at radius 3 is 2.65 bits per heavy atom. The van der Waals surface area contributed by atoms with Crippen LogP contribution >= 0.6 is 11.6 Å². The largest absolute Gasteiger partial charge is 0.495 e. The van der Waals surface area contributed by atoms with Crippen LogP contribution in [0.2, 0.25) is 5.02 Å². The Balaban J connectivity index is 2.75. The highest BCUT2D eigenvalue weighted by Gasteiger charge is 2.10. The lowest BCUT2D eigenvalue weighted by molar-refractivity contribution is 0.225. The van der Waals surface area contributed by atoms with Crippen LogP contribution < -0.4 is 9.64 Å². The molecule has 1 aromatic carbocycles. The number of hydrogen-bond acceptors (Lipinski definition) is 3. The molecule has 0 spiro atoms. The van der Waals surface area contributed by atoms with E-state index in [4.69, 9.17) is 16.3 Å². The first kappa shape index (κ1) is 14.1. The van der Waals surface area contributed by atoms with Gasteiger partial charge in [-0.25, -0.2) is 0 Å². The Kier molecular flexibility index (Phi) is 5.59. The van der Waals surface area contributed by atoms with Crippen LogP contribution in [0, 0.1) is 5.92 Å². The van der Waals surface area contributed by atoms with Crippen molar-refractivity contribution in [3.8, 4) is 5.75 Å². The third-order valence-electron chi connectivity index (χ3n) is 2.94. The summed E-state index contributed by atoms with van der Waals surface area (Å²) in [6, 6.07) is 5.70. The van der Waals surface area contributed by atoms with Gasteiger partial charge in [0.2, 0.25) is 0 Å². The molecule has 0 aliphatic carbocycles. The quantitative estimate of drug-likeness (QED) is 0.851. The van der Waals surface area contributed by atoms with Gasteiger partial charge in [-0.3, -0.25) is 0 Å². The Morgan fingerprint density at radius 1 is 1.47 bits per heavy atom. The van der Waals surface area contributed by atoms with Crippen LogP contribution in [0.4, 0.5) is 5.69 Å². The number of aliphatic hydroxyl groups is 1. The third kappa shape index (κ3) is 3.79. The summed E-state index contributed by atoms with van der Waals surface area (Å²) in [6.07, 6.45) is 0.963. The van der Waals surface area contributed by atoms with Crippen molar-refractivity contribution in [2.24, 2.45) is 5.92 Å². The van der Waals surface area contributed by atoms with Crippen molar-refractivity contribution in [2.75, 3.05) is 32.2 Å². The number of anilines is 1. The second kappa shape index (κ2) is 6.72. The lowest BCUT2D eigenvalue weighted by Gasteiger charge is -2.24. The highest BCUT2D eigenvalue weighted by Crippen LogP contribution is 2.29. The summed E-state index contributed by atoms with van der Waals surface area (Å²) < 4.78 is 5.11. The van der Waals surface area contributed by atoms with Gasteiger partial charge in [-0.2, -0.15) is 0 Å². The average Bonchev–Trinajstić information content (AvgIpc) is 2.35. The van der Waals surface area contributed by atoms with Gasteiger partial charge in [0, 0.05) is 25.9 Å². The summed E-state index contributed by atoms with van der Waals surface area (Å²) in [7, 11) is 3.60. The molecule has 0 saturated heterocycles. The topological polar surface area (TPSA) is 32.7 Å². The molecular formula is C13H20ClNO2. The van der Waals surface area contributed by atoms with E-state index in [9.17, 15) is 5.11 Å². The maximum Gasteiger partial charge on any atom is 0.137 e. The third-order valence-corrected chi connectivity index (χ3v) is 3.24. The predicted molar refractivity (Wildman–Crippen MR) is 72.1 cm³/mol. The lowest BCUT2D eigenvalue weighted by atomic mass is 10.1. The van der Waals surface area contributed by atoms with E-state index in [2.05, 4.69) is 11.8 Å². The van der Waals surface area contributed by atoms with Crippen LogP contribution in [0.3, 0.4) is 0 Å². The molecule has 0 heterocycles. The maximum absolute atomic E-state index is 9.19. The van der Waals surface area contributed by atoms with Crippen LogP contribution in [0.15, 0.2) is 18.2 Å². The Morgan fingerprint density at radius 2 is 2.18 bits per heavy atom. The predicted octanol–water partition coefficient (Wildman–Crippen LogP) is 2.80. The van der Waals surface area contributed by atoms with Crippen molar-refractivity contribution in [1.29, 1.82) is 0 Å². The Hall–Kier alpha value is -0.930. The molecule has 0 aliphatic rings. The van der Waals surface area contributed by atoms with Crippen LogP contribution in [0.1, 0.15) is 13.3 Å². The minimum atomic E-state index is 0.213. The molecule has 3 nitrogen and oxygen atoms in total. The number of aliphatic hydroxyl groups excluding tert-OH is 1. The summed E-state index contributed by atoms with van der Waals surface area (Å²) in [5.41, 5.74) is 1.03. The van der Waals surface area contributed by atoms with Crippen LogP contribution in [-0.2, 0) is 0 Å². The molecule has 17 heavy (non-hydrogen) atoms. The molecular weight excluding hydrogens is 238 g/mol. The summed E-state index contributed by atoms with van der Waals surface area (Å²) in [4.78, 5) is 2.09. The molecule has 0 bridgehead atoms. The van der Waals surface area contributed by atoms with Crippen LogP contribution in [0.25, 0.3) is 0 Å². The van der Waals surface area contributed by atoms with E-state index in [-0.39, 0.29) is 6.61 Å². The fraction of sp³-hybridized carbons (Fsp3) is 0.538. The van der Waals surface area contributed by atoms with Gasteiger partial charge < -0.3 is 14.7 Å². The zero-order chi connectivity index (χ0) is 12.8. The summed E-state index contributed by atoms with van der Waals surface area (Å²) >= 11 is 6.08. The molecule has 0 saturated carbocycles. The second-order valence-electron chi connectivity index (χ2n) is 4.16. The minimum absolute atomic E-state index is 0.213. The fourth-order valence-electron chi connectivity index (χ4n) is 1.70. The van der Waals surface area contributed by atoms with Crippen molar-refractivity contribution < 1.29 is 9.84 Å². The molecule has 1 unspecified atom stereocenters. The first-order chi connectivity index (χ1) is 8.12. The molecule has 1 atom stereocenters. The summed E-state index contributed by atoms with van der Waals surface area (Å²) in [5.74, 6) is 0.971. The average molecular weight is 258 g/mol. The molecule has 0 aliphatic heterocycles. The molecule has 96 valence electrons. The maximum atomic E-state index is 9.19. The summed E-state index contributed by atoms with van der Waals surface area (Å²) in [6.45, 7) is 3.11. The van der Waals surface area contributed by atoms with E-state index < -0.39 is 0 Å². The fourth-order valence-corrected chi connectivity index (χ4v) is 1.95. The van der Waals surface area contributed by atoms with Crippen LogP contribution in [0.5, 0.6) is 5.75 Å². The van der Waals surface area contributed by atoms with Crippen molar-refractivity contribution in [2.45, 2.75) is 13.3 Å².